The zero-order valence-corrected chi connectivity index (χ0v) is 8.61. The van der Waals surface area contributed by atoms with Gasteiger partial charge in [0.1, 0.15) is 0 Å². The van der Waals surface area contributed by atoms with Gasteiger partial charge in [-0.1, -0.05) is 0 Å². The summed E-state index contributed by atoms with van der Waals surface area (Å²) >= 11 is 0. The van der Waals surface area contributed by atoms with Crippen molar-refractivity contribution in [2.24, 2.45) is 0 Å². The molecule has 2 unspecified atom stereocenters. The summed E-state index contributed by atoms with van der Waals surface area (Å²) in [6.07, 6.45) is 2.37. The van der Waals surface area contributed by atoms with Crippen LogP contribution in [0.1, 0.15) is 12.8 Å². The highest BCUT2D eigenvalue weighted by molar-refractivity contribution is 4.81. The second kappa shape index (κ2) is 5.07. The van der Waals surface area contributed by atoms with E-state index in [9.17, 15) is 5.11 Å². The third-order valence-corrected chi connectivity index (χ3v) is 3.08. The Hall–Kier alpha value is -0.160. The van der Waals surface area contributed by atoms with Crippen LogP contribution < -0.4 is 5.32 Å². The molecule has 2 saturated heterocycles. The van der Waals surface area contributed by atoms with Crippen molar-refractivity contribution >= 4 is 0 Å². The molecule has 2 fully saturated rings. The van der Waals surface area contributed by atoms with Crippen molar-refractivity contribution in [2.45, 2.75) is 25.0 Å². The minimum absolute atomic E-state index is 0.151. The largest absolute Gasteiger partial charge is 0.389 e. The first kappa shape index (κ1) is 10.4. The number of aliphatic hydroxyl groups excluding tert-OH is 1. The van der Waals surface area contributed by atoms with E-state index in [1.54, 1.807) is 0 Å². The predicted molar refractivity (Wildman–Crippen MR) is 54.3 cm³/mol. The van der Waals surface area contributed by atoms with Crippen molar-refractivity contribution in [1.82, 2.24) is 10.2 Å². The van der Waals surface area contributed by atoms with Gasteiger partial charge >= 0.3 is 0 Å². The first-order valence-corrected chi connectivity index (χ1v) is 5.58. The monoisotopic (exact) mass is 200 g/mol. The zero-order valence-electron chi connectivity index (χ0n) is 8.61. The molecule has 4 heteroatoms. The fourth-order valence-corrected chi connectivity index (χ4v) is 2.15. The molecule has 0 saturated carbocycles. The molecular weight excluding hydrogens is 180 g/mol. The summed E-state index contributed by atoms with van der Waals surface area (Å²) < 4.78 is 5.17. The Morgan fingerprint density at radius 2 is 2.07 bits per heavy atom. The average molecular weight is 200 g/mol. The van der Waals surface area contributed by atoms with Crippen molar-refractivity contribution in [1.29, 1.82) is 0 Å². The lowest BCUT2D eigenvalue weighted by Gasteiger charge is -2.18. The molecule has 0 aromatic heterocycles. The fourth-order valence-electron chi connectivity index (χ4n) is 2.15. The third-order valence-electron chi connectivity index (χ3n) is 3.08. The molecule has 2 rings (SSSR count). The first-order valence-electron chi connectivity index (χ1n) is 5.58. The number of likely N-dealkylation sites (tertiary alicyclic amines) is 1. The van der Waals surface area contributed by atoms with E-state index >= 15 is 0 Å². The summed E-state index contributed by atoms with van der Waals surface area (Å²) in [6.45, 7) is 5.69. The maximum atomic E-state index is 9.48. The molecule has 2 atom stereocenters. The standard InChI is InChI=1S/C10H20N2O2/c13-10-8-14-7-9(10)11-3-6-12-4-1-2-5-12/h9-11,13H,1-8H2. The molecule has 0 bridgehead atoms. The van der Waals surface area contributed by atoms with Crippen LogP contribution in [0.5, 0.6) is 0 Å². The number of hydrogen-bond donors (Lipinski definition) is 2. The second-order valence-electron chi connectivity index (χ2n) is 4.21. The molecule has 0 aromatic rings. The van der Waals surface area contributed by atoms with Gasteiger partial charge < -0.3 is 20.1 Å². The number of rotatable bonds is 4. The summed E-state index contributed by atoms with van der Waals surface area (Å²) in [5.41, 5.74) is 0. The molecule has 2 heterocycles. The van der Waals surface area contributed by atoms with Gasteiger partial charge in [-0.05, 0) is 25.9 Å². The van der Waals surface area contributed by atoms with Crippen LogP contribution in [0, 0.1) is 0 Å². The molecule has 2 aliphatic heterocycles. The minimum atomic E-state index is -0.312. The lowest BCUT2D eigenvalue weighted by molar-refractivity contribution is 0.122. The topological polar surface area (TPSA) is 44.7 Å². The van der Waals surface area contributed by atoms with Gasteiger partial charge in [0.15, 0.2) is 0 Å². The predicted octanol–water partition coefficient (Wildman–Crippen LogP) is -0.568. The van der Waals surface area contributed by atoms with Gasteiger partial charge in [-0.25, -0.2) is 0 Å². The Balaban J connectivity index is 1.57. The van der Waals surface area contributed by atoms with E-state index < -0.39 is 0 Å². The van der Waals surface area contributed by atoms with E-state index in [0.717, 1.165) is 13.1 Å². The van der Waals surface area contributed by atoms with Crippen molar-refractivity contribution < 1.29 is 9.84 Å². The highest BCUT2D eigenvalue weighted by Gasteiger charge is 2.25. The van der Waals surface area contributed by atoms with Crippen LogP contribution in [0.3, 0.4) is 0 Å². The van der Waals surface area contributed by atoms with Crippen LogP contribution in [0.2, 0.25) is 0 Å². The Bertz CT molecular complexity index is 172. The molecule has 0 radical (unpaired) electrons. The van der Waals surface area contributed by atoms with Gasteiger partial charge in [-0.3, -0.25) is 0 Å². The lowest BCUT2D eigenvalue weighted by atomic mass is 10.2. The molecule has 4 nitrogen and oxygen atoms in total. The maximum Gasteiger partial charge on any atom is 0.0948 e. The smallest absolute Gasteiger partial charge is 0.0948 e. The average Bonchev–Trinajstić information content (AvgIpc) is 2.78. The van der Waals surface area contributed by atoms with Gasteiger partial charge in [-0.15, -0.1) is 0 Å². The van der Waals surface area contributed by atoms with E-state index in [2.05, 4.69) is 10.2 Å². The lowest BCUT2D eigenvalue weighted by Crippen LogP contribution is -2.42. The van der Waals surface area contributed by atoms with Gasteiger partial charge in [0, 0.05) is 13.1 Å². The van der Waals surface area contributed by atoms with Crippen LogP contribution in [-0.4, -0.2) is 61.5 Å². The van der Waals surface area contributed by atoms with Gasteiger partial charge in [0.2, 0.25) is 0 Å². The van der Waals surface area contributed by atoms with Crippen LogP contribution in [-0.2, 0) is 4.74 Å². The van der Waals surface area contributed by atoms with E-state index in [1.165, 1.54) is 25.9 Å². The zero-order chi connectivity index (χ0) is 9.80. The molecule has 14 heavy (non-hydrogen) atoms. The molecular formula is C10H20N2O2. The van der Waals surface area contributed by atoms with Crippen molar-refractivity contribution in [3.8, 4) is 0 Å². The van der Waals surface area contributed by atoms with E-state index in [4.69, 9.17) is 4.74 Å². The van der Waals surface area contributed by atoms with Gasteiger partial charge in [0.05, 0.1) is 25.4 Å². The summed E-state index contributed by atoms with van der Waals surface area (Å²) in [5, 5.41) is 12.8. The summed E-state index contributed by atoms with van der Waals surface area (Å²) in [4.78, 5) is 2.47. The normalized spacial score (nSPS) is 34.1. The maximum absolute atomic E-state index is 9.48. The Morgan fingerprint density at radius 1 is 1.29 bits per heavy atom. The third kappa shape index (κ3) is 2.67. The van der Waals surface area contributed by atoms with Crippen LogP contribution in [0.4, 0.5) is 0 Å². The molecule has 0 spiro atoms. The molecule has 0 amide bonds. The van der Waals surface area contributed by atoms with Crippen molar-refractivity contribution in [2.75, 3.05) is 39.4 Å². The van der Waals surface area contributed by atoms with Crippen LogP contribution in [0.15, 0.2) is 0 Å². The summed E-state index contributed by atoms with van der Waals surface area (Å²) in [5.74, 6) is 0. The van der Waals surface area contributed by atoms with Gasteiger partial charge in [0.25, 0.3) is 0 Å². The molecule has 0 aliphatic carbocycles. The number of nitrogens with zero attached hydrogens (tertiary/aromatic N) is 1. The van der Waals surface area contributed by atoms with Gasteiger partial charge in [-0.2, -0.15) is 0 Å². The quantitative estimate of drug-likeness (QED) is 0.638. The van der Waals surface area contributed by atoms with Crippen molar-refractivity contribution in [3.63, 3.8) is 0 Å². The fraction of sp³-hybridized carbons (Fsp3) is 1.00. The van der Waals surface area contributed by atoms with Crippen LogP contribution >= 0.6 is 0 Å². The highest BCUT2D eigenvalue weighted by Crippen LogP contribution is 2.07. The van der Waals surface area contributed by atoms with E-state index in [1.807, 2.05) is 0 Å². The second-order valence-corrected chi connectivity index (χ2v) is 4.21. The van der Waals surface area contributed by atoms with Crippen LogP contribution in [0.25, 0.3) is 0 Å². The van der Waals surface area contributed by atoms with E-state index in [-0.39, 0.29) is 12.1 Å². The molecule has 0 aromatic carbocycles. The van der Waals surface area contributed by atoms with Crippen molar-refractivity contribution in [3.05, 3.63) is 0 Å². The Morgan fingerprint density at radius 3 is 2.71 bits per heavy atom. The summed E-state index contributed by atoms with van der Waals surface area (Å²) in [6, 6.07) is 0.151. The number of hydrogen-bond acceptors (Lipinski definition) is 4. The number of nitrogens with one attached hydrogen (secondary N) is 1. The highest BCUT2D eigenvalue weighted by atomic mass is 16.5. The number of aliphatic hydroxyl groups is 1. The molecule has 2 N–H and O–H groups in total. The SMILES string of the molecule is OC1COCC1NCCN1CCCC1. The Labute approximate surface area is 85.2 Å². The Kier molecular flexibility index (Phi) is 3.75. The summed E-state index contributed by atoms with van der Waals surface area (Å²) in [7, 11) is 0. The minimum Gasteiger partial charge on any atom is -0.389 e. The molecule has 82 valence electrons. The first-order chi connectivity index (χ1) is 6.86. The molecule has 2 aliphatic rings. The number of ether oxygens (including phenoxy) is 1. The van der Waals surface area contributed by atoms with E-state index in [0.29, 0.717) is 13.2 Å².